The third kappa shape index (κ3) is 4.08. The van der Waals surface area contributed by atoms with Crippen LogP contribution in [0.25, 0.3) is 11.0 Å². The third-order valence-electron chi connectivity index (χ3n) is 4.92. The summed E-state index contributed by atoms with van der Waals surface area (Å²) in [6.45, 7) is 9.39. The monoisotopic (exact) mass is 391 g/mol. The van der Waals surface area contributed by atoms with Crippen LogP contribution in [0.1, 0.15) is 43.7 Å². The summed E-state index contributed by atoms with van der Waals surface area (Å²) in [6.07, 6.45) is 0. The normalized spacial score (nSPS) is 11.9. The molecule has 0 atom stereocenters. The number of fused-ring (bicyclic) bond motifs is 1. The van der Waals surface area contributed by atoms with E-state index in [1.807, 2.05) is 51.1 Å². The highest BCUT2D eigenvalue weighted by molar-refractivity contribution is 5.79. The Kier molecular flexibility index (Phi) is 4.74. The van der Waals surface area contributed by atoms with Crippen LogP contribution in [-0.4, -0.2) is 20.2 Å². The van der Waals surface area contributed by atoms with E-state index in [0.29, 0.717) is 24.9 Å². The summed E-state index contributed by atoms with van der Waals surface area (Å²) >= 11 is 0. The number of aromatic amines is 2. The number of imidazole rings is 1. The Morgan fingerprint density at radius 1 is 1.00 bits per heavy atom. The van der Waals surface area contributed by atoms with Crippen LogP contribution in [0.5, 0.6) is 0 Å². The van der Waals surface area contributed by atoms with E-state index in [4.69, 9.17) is 4.42 Å². The lowest BCUT2D eigenvalue weighted by Crippen LogP contribution is -2.23. The molecule has 2 heterocycles. The number of aryl methyl sites for hydroxylation is 1. The Morgan fingerprint density at radius 3 is 2.48 bits per heavy atom. The molecule has 0 radical (unpaired) electrons. The second-order valence-electron chi connectivity index (χ2n) is 8.34. The molecule has 0 saturated carbocycles. The van der Waals surface area contributed by atoms with Crippen LogP contribution in [0.15, 0.2) is 51.7 Å². The number of hydrogen-bond acceptors (Lipinski definition) is 5. The molecule has 4 aromatic rings. The van der Waals surface area contributed by atoms with Gasteiger partial charge in [-0.25, -0.2) is 4.79 Å². The highest BCUT2D eigenvalue weighted by Gasteiger charge is 2.22. The molecule has 0 unspecified atom stereocenters. The molecular weight excluding hydrogens is 366 g/mol. The number of rotatable bonds is 5. The van der Waals surface area contributed by atoms with Crippen molar-refractivity contribution in [3.63, 3.8) is 0 Å². The highest BCUT2D eigenvalue weighted by atomic mass is 16.4. The average Bonchev–Trinajstić information content (AvgIpc) is 3.27. The molecule has 29 heavy (non-hydrogen) atoms. The number of aromatic nitrogens is 4. The van der Waals surface area contributed by atoms with Crippen molar-refractivity contribution in [2.75, 3.05) is 4.90 Å². The van der Waals surface area contributed by atoms with E-state index in [0.717, 1.165) is 16.7 Å². The summed E-state index contributed by atoms with van der Waals surface area (Å²) in [5.74, 6) is 1.18. The van der Waals surface area contributed by atoms with Gasteiger partial charge in [-0.2, -0.15) is 0 Å². The predicted octanol–water partition coefficient (Wildman–Crippen LogP) is 4.05. The lowest BCUT2D eigenvalue weighted by atomic mass is 9.97. The number of nitrogens with one attached hydrogen (secondary N) is 2. The molecule has 0 aliphatic heterocycles. The zero-order valence-corrected chi connectivity index (χ0v) is 17.1. The second kappa shape index (κ2) is 7.24. The Morgan fingerprint density at radius 2 is 1.76 bits per heavy atom. The lowest BCUT2D eigenvalue weighted by Gasteiger charge is -2.24. The summed E-state index contributed by atoms with van der Waals surface area (Å²) in [7, 11) is 0. The van der Waals surface area contributed by atoms with Gasteiger partial charge in [-0.15, -0.1) is 10.2 Å². The second-order valence-corrected chi connectivity index (χ2v) is 8.34. The van der Waals surface area contributed by atoms with Crippen LogP contribution < -0.4 is 10.6 Å². The first-order valence-corrected chi connectivity index (χ1v) is 9.64. The fraction of sp³-hybridized carbons (Fsp3) is 0.318. The number of nitrogens with zero attached hydrogens (tertiary/aromatic N) is 3. The largest absolute Gasteiger partial charge is 0.423 e. The average molecular weight is 391 g/mol. The van der Waals surface area contributed by atoms with Crippen molar-refractivity contribution in [3.8, 4) is 0 Å². The van der Waals surface area contributed by atoms with Crippen LogP contribution in [0.2, 0.25) is 0 Å². The lowest BCUT2D eigenvalue weighted by molar-refractivity contribution is 0.369. The topological polar surface area (TPSA) is 90.8 Å². The molecule has 0 bridgehead atoms. The van der Waals surface area contributed by atoms with Gasteiger partial charge in [0.15, 0.2) is 0 Å². The molecule has 7 heteroatoms. The van der Waals surface area contributed by atoms with Crippen LogP contribution >= 0.6 is 0 Å². The number of anilines is 1. The molecule has 7 nitrogen and oxygen atoms in total. The smallest absolute Gasteiger partial charge is 0.323 e. The molecule has 0 aliphatic rings. The first-order chi connectivity index (χ1) is 13.8. The van der Waals surface area contributed by atoms with Crippen molar-refractivity contribution >= 4 is 16.7 Å². The van der Waals surface area contributed by atoms with Crippen molar-refractivity contribution in [2.24, 2.45) is 0 Å². The maximum Gasteiger partial charge on any atom is 0.323 e. The minimum absolute atomic E-state index is 0.199. The van der Waals surface area contributed by atoms with Gasteiger partial charge in [-0.05, 0) is 36.2 Å². The first-order valence-electron chi connectivity index (χ1n) is 9.64. The quantitative estimate of drug-likeness (QED) is 0.535. The molecule has 0 aliphatic carbocycles. The fourth-order valence-electron chi connectivity index (χ4n) is 3.23. The van der Waals surface area contributed by atoms with E-state index < -0.39 is 0 Å². The van der Waals surface area contributed by atoms with Crippen molar-refractivity contribution in [3.05, 3.63) is 75.9 Å². The molecule has 2 aromatic heterocycles. The van der Waals surface area contributed by atoms with Gasteiger partial charge >= 0.3 is 5.69 Å². The van der Waals surface area contributed by atoms with E-state index in [1.165, 1.54) is 11.1 Å². The maximum absolute atomic E-state index is 11.6. The standard InChI is InChI=1S/C22H25N5O2/c1-14-7-5-6-8-15(14)12-27(13-19-25-26-20(29-19)22(2,3)4)16-9-10-17-18(11-16)24-21(28)23-17/h5-11H,12-13H2,1-4H3,(H2,23,24,28). The van der Waals surface area contributed by atoms with Crippen molar-refractivity contribution in [1.82, 2.24) is 20.2 Å². The van der Waals surface area contributed by atoms with E-state index in [-0.39, 0.29) is 11.1 Å². The van der Waals surface area contributed by atoms with Gasteiger partial charge in [-0.3, -0.25) is 0 Å². The Hall–Kier alpha value is -3.35. The molecule has 0 amide bonds. The molecule has 150 valence electrons. The van der Waals surface area contributed by atoms with Crippen LogP contribution in [-0.2, 0) is 18.5 Å². The summed E-state index contributed by atoms with van der Waals surface area (Å²) in [6, 6.07) is 14.2. The van der Waals surface area contributed by atoms with Gasteiger partial charge in [0.25, 0.3) is 0 Å². The van der Waals surface area contributed by atoms with E-state index in [2.05, 4.69) is 44.1 Å². The summed E-state index contributed by atoms with van der Waals surface area (Å²) in [5.41, 5.74) is 4.53. The molecule has 0 saturated heterocycles. The minimum Gasteiger partial charge on any atom is -0.423 e. The third-order valence-corrected chi connectivity index (χ3v) is 4.92. The molecule has 0 spiro atoms. The van der Waals surface area contributed by atoms with Crippen molar-refractivity contribution in [2.45, 2.75) is 46.2 Å². The molecule has 4 rings (SSSR count). The van der Waals surface area contributed by atoms with Crippen LogP contribution in [0.3, 0.4) is 0 Å². The zero-order chi connectivity index (χ0) is 20.6. The summed E-state index contributed by atoms with van der Waals surface area (Å²) < 4.78 is 5.93. The summed E-state index contributed by atoms with van der Waals surface area (Å²) in [4.78, 5) is 19.4. The van der Waals surface area contributed by atoms with Gasteiger partial charge in [-0.1, -0.05) is 45.0 Å². The predicted molar refractivity (Wildman–Crippen MR) is 113 cm³/mol. The van der Waals surface area contributed by atoms with Gasteiger partial charge in [0.1, 0.15) is 0 Å². The van der Waals surface area contributed by atoms with Gasteiger partial charge in [0, 0.05) is 17.6 Å². The van der Waals surface area contributed by atoms with Gasteiger partial charge in [0.05, 0.1) is 17.6 Å². The number of H-pyrrole nitrogens is 2. The highest BCUT2D eigenvalue weighted by Crippen LogP contribution is 2.26. The van der Waals surface area contributed by atoms with E-state index >= 15 is 0 Å². The fourth-order valence-corrected chi connectivity index (χ4v) is 3.23. The minimum atomic E-state index is -0.214. The number of hydrogen-bond donors (Lipinski definition) is 2. The maximum atomic E-state index is 11.6. The molecule has 0 fully saturated rings. The van der Waals surface area contributed by atoms with Gasteiger partial charge < -0.3 is 19.3 Å². The van der Waals surface area contributed by atoms with Gasteiger partial charge in [0.2, 0.25) is 11.8 Å². The SMILES string of the molecule is Cc1ccccc1CN(Cc1nnc(C(C)(C)C)o1)c1ccc2[nH]c(=O)[nH]c2c1. The molecule has 2 aromatic carbocycles. The van der Waals surface area contributed by atoms with Crippen molar-refractivity contribution < 1.29 is 4.42 Å². The summed E-state index contributed by atoms with van der Waals surface area (Å²) in [5, 5.41) is 8.47. The van der Waals surface area contributed by atoms with Crippen LogP contribution in [0, 0.1) is 6.92 Å². The Bertz CT molecular complexity index is 1200. The number of benzene rings is 2. The molecular formula is C22H25N5O2. The zero-order valence-electron chi connectivity index (χ0n) is 17.1. The van der Waals surface area contributed by atoms with E-state index in [1.54, 1.807) is 0 Å². The van der Waals surface area contributed by atoms with E-state index in [9.17, 15) is 4.79 Å². The Labute approximate surface area is 168 Å². The van der Waals surface area contributed by atoms with Crippen LogP contribution in [0.4, 0.5) is 5.69 Å². The Balaban J connectivity index is 1.70. The molecule has 2 N–H and O–H groups in total. The van der Waals surface area contributed by atoms with Crippen molar-refractivity contribution in [1.29, 1.82) is 0 Å². The first kappa shape index (κ1) is 19.0.